The Morgan fingerprint density at radius 3 is 2.79 bits per heavy atom. The highest BCUT2D eigenvalue weighted by Crippen LogP contribution is 2.19. The summed E-state index contributed by atoms with van der Waals surface area (Å²) in [5.41, 5.74) is 10.8. The molecule has 0 bridgehead atoms. The number of aryl methyl sites for hydroxylation is 2. The molecule has 0 saturated carbocycles. The van der Waals surface area contributed by atoms with Crippen molar-refractivity contribution in [2.45, 2.75) is 13.3 Å². The number of rotatable bonds is 2. The second kappa shape index (κ2) is 4.39. The minimum Gasteiger partial charge on any atom is -0.397 e. The van der Waals surface area contributed by atoms with Gasteiger partial charge in [-0.25, -0.2) is 4.98 Å². The van der Waals surface area contributed by atoms with Gasteiger partial charge in [-0.15, -0.1) is 0 Å². The molecule has 0 atom stereocenters. The van der Waals surface area contributed by atoms with Crippen LogP contribution in [0.5, 0.6) is 0 Å². The summed E-state index contributed by atoms with van der Waals surface area (Å²) >= 11 is 0. The van der Waals surface area contributed by atoms with Gasteiger partial charge < -0.3 is 10.3 Å². The molecule has 3 rings (SSSR count). The number of nitrogens with two attached hydrogens (primary N) is 1. The summed E-state index contributed by atoms with van der Waals surface area (Å²) in [7, 11) is 2.02. The molecule has 2 aromatic heterocycles. The maximum absolute atomic E-state index is 6.01. The fraction of sp³-hybridized carbons (Fsp3) is 0.200. The lowest BCUT2D eigenvalue weighted by Gasteiger charge is -2.06. The Bertz CT molecular complexity index is 743. The molecule has 4 heteroatoms. The Labute approximate surface area is 111 Å². The molecule has 0 radical (unpaired) electrons. The lowest BCUT2D eigenvalue weighted by atomic mass is 10.2. The zero-order valence-corrected chi connectivity index (χ0v) is 11.1. The molecule has 0 aliphatic heterocycles. The second-order valence-electron chi connectivity index (χ2n) is 4.80. The van der Waals surface area contributed by atoms with Crippen LogP contribution in [0.25, 0.3) is 11.0 Å². The van der Waals surface area contributed by atoms with Crippen molar-refractivity contribution in [1.29, 1.82) is 0 Å². The van der Waals surface area contributed by atoms with Crippen LogP contribution in [0, 0.1) is 6.92 Å². The van der Waals surface area contributed by atoms with Crippen LogP contribution >= 0.6 is 0 Å². The molecular weight excluding hydrogens is 236 g/mol. The number of fused-ring (bicyclic) bond motifs is 1. The summed E-state index contributed by atoms with van der Waals surface area (Å²) in [4.78, 5) is 9.04. The highest BCUT2D eigenvalue weighted by atomic mass is 15.1. The van der Waals surface area contributed by atoms with E-state index in [9.17, 15) is 0 Å². The molecule has 4 nitrogen and oxygen atoms in total. The Morgan fingerprint density at radius 1 is 1.26 bits per heavy atom. The molecule has 0 saturated heterocycles. The van der Waals surface area contributed by atoms with Crippen LogP contribution in [0.3, 0.4) is 0 Å². The van der Waals surface area contributed by atoms with E-state index >= 15 is 0 Å². The van der Waals surface area contributed by atoms with Gasteiger partial charge in [0.1, 0.15) is 5.82 Å². The van der Waals surface area contributed by atoms with Crippen molar-refractivity contribution in [2.75, 3.05) is 5.73 Å². The largest absolute Gasteiger partial charge is 0.397 e. The molecular formula is C15H16N4. The number of nitrogen functional groups attached to an aromatic ring is 1. The van der Waals surface area contributed by atoms with E-state index in [2.05, 4.69) is 20.6 Å². The summed E-state index contributed by atoms with van der Waals surface area (Å²) < 4.78 is 2.09. The van der Waals surface area contributed by atoms with Crippen LogP contribution < -0.4 is 5.73 Å². The average molecular weight is 252 g/mol. The van der Waals surface area contributed by atoms with Crippen molar-refractivity contribution in [3.8, 4) is 0 Å². The van der Waals surface area contributed by atoms with Crippen LogP contribution in [-0.4, -0.2) is 14.5 Å². The number of imidazole rings is 1. The van der Waals surface area contributed by atoms with Gasteiger partial charge in [-0.1, -0.05) is 12.1 Å². The van der Waals surface area contributed by atoms with Gasteiger partial charge in [0, 0.05) is 13.2 Å². The number of hydrogen-bond donors (Lipinski definition) is 1. The molecule has 2 heterocycles. The first-order chi connectivity index (χ1) is 9.15. The first-order valence-electron chi connectivity index (χ1n) is 6.26. The highest BCUT2D eigenvalue weighted by molar-refractivity contribution is 5.75. The van der Waals surface area contributed by atoms with Crippen molar-refractivity contribution in [2.24, 2.45) is 7.05 Å². The van der Waals surface area contributed by atoms with Gasteiger partial charge in [0.05, 0.1) is 28.8 Å². The van der Waals surface area contributed by atoms with E-state index in [1.165, 1.54) is 0 Å². The third-order valence-electron chi connectivity index (χ3n) is 3.35. The molecule has 0 aliphatic carbocycles. The van der Waals surface area contributed by atoms with Gasteiger partial charge in [0.25, 0.3) is 0 Å². The van der Waals surface area contributed by atoms with Gasteiger partial charge in [-0.05, 0) is 30.7 Å². The standard InChI is InChI=1S/C15H16N4/c1-10-7-11(16)13(17-9-10)8-15-18-12-5-3-4-6-14(12)19(15)2/h3-7,9H,8,16H2,1-2H3. The van der Waals surface area contributed by atoms with Crippen molar-refractivity contribution < 1.29 is 0 Å². The Kier molecular flexibility index (Phi) is 2.71. The molecule has 19 heavy (non-hydrogen) atoms. The van der Waals surface area contributed by atoms with E-state index in [0.29, 0.717) is 6.42 Å². The van der Waals surface area contributed by atoms with Crippen LogP contribution in [0.1, 0.15) is 17.1 Å². The SMILES string of the molecule is Cc1cnc(Cc2nc3ccccc3n2C)c(N)c1. The molecule has 96 valence electrons. The molecule has 0 fully saturated rings. The first-order valence-corrected chi connectivity index (χ1v) is 6.26. The summed E-state index contributed by atoms with van der Waals surface area (Å²) in [6, 6.07) is 10.1. The first kappa shape index (κ1) is 11.7. The predicted octanol–water partition coefficient (Wildman–Crippen LogP) is 2.45. The van der Waals surface area contributed by atoms with Gasteiger partial charge in [0.2, 0.25) is 0 Å². The molecule has 0 amide bonds. The number of aromatic nitrogens is 3. The van der Waals surface area contributed by atoms with Crippen molar-refractivity contribution >= 4 is 16.7 Å². The lowest BCUT2D eigenvalue weighted by Crippen LogP contribution is -2.04. The summed E-state index contributed by atoms with van der Waals surface area (Å²) in [5, 5.41) is 0. The average Bonchev–Trinajstić information content (AvgIpc) is 2.70. The number of benzene rings is 1. The Balaban J connectivity index is 2.03. The van der Waals surface area contributed by atoms with E-state index in [1.54, 1.807) is 0 Å². The van der Waals surface area contributed by atoms with Gasteiger partial charge in [0.15, 0.2) is 0 Å². The zero-order chi connectivity index (χ0) is 13.4. The lowest BCUT2D eigenvalue weighted by molar-refractivity contribution is 0.833. The minimum atomic E-state index is 0.650. The normalized spacial score (nSPS) is 11.1. The number of pyridine rings is 1. The summed E-state index contributed by atoms with van der Waals surface area (Å²) in [6.07, 6.45) is 2.49. The monoisotopic (exact) mass is 252 g/mol. The molecule has 0 unspecified atom stereocenters. The quantitative estimate of drug-likeness (QED) is 0.762. The Hall–Kier alpha value is -2.36. The van der Waals surface area contributed by atoms with E-state index in [0.717, 1.165) is 33.8 Å². The van der Waals surface area contributed by atoms with Gasteiger partial charge in [-0.3, -0.25) is 4.98 Å². The molecule has 3 aromatic rings. The fourth-order valence-corrected chi connectivity index (χ4v) is 2.27. The van der Waals surface area contributed by atoms with E-state index in [4.69, 9.17) is 5.73 Å². The summed E-state index contributed by atoms with van der Waals surface area (Å²) in [6.45, 7) is 1.99. The third kappa shape index (κ3) is 2.05. The summed E-state index contributed by atoms with van der Waals surface area (Å²) in [5.74, 6) is 0.976. The van der Waals surface area contributed by atoms with Crippen molar-refractivity contribution in [3.63, 3.8) is 0 Å². The van der Waals surface area contributed by atoms with Gasteiger partial charge >= 0.3 is 0 Å². The van der Waals surface area contributed by atoms with E-state index < -0.39 is 0 Å². The number of hydrogen-bond acceptors (Lipinski definition) is 3. The number of para-hydroxylation sites is 2. The Morgan fingerprint density at radius 2 is 2.05 bits per heavy atom. The van der Waals surface area contributed by atoms with Crippen LogP contribution in [-0.2, 0) is 13.5 Å². The topological polar surface area (TPSA) is 56.7 Å². The van der Waals surface area contributed by atoms with Crippen LogP contribution in [0.4, 0.5) is 5.69 Å². The van der Waals surface area contributed by atoms with Crippen molar-refractivity contribution in [1.82, 2.24) is 14.5 Å². The zero-order valence-electron chi connectivity index (χ0n) is 11.1. The van der Waals surface area contributed by atoms with E-state index in [-0.39, 0.29) is 0 Å². The van der Waals surface area contributed by atoms with Gasteiger partial charge in [-0.2, -0.15) is 0 Å². The smallest absolute Gasteiger partial charge is 0.115 e. The van der Waals surface area contributed by atoms with E-state index in [1.807, 2.05) is 44.4 Å². The molecule has 0 aliphatic rings. The fourth-order valence-electron chi connectivity index (χ4n) is 2.27. The molecule has 1 aromatic carbocycles. The minimum absolute atomic E-state index is 0.650. The van der Waals surface area contributed by atoms with Crippen LogP contribution in [0.2, 0.25) is 0 Å². The number of anilines is 1. The number of nitrogens with zero attached hydrogens (tertiary/aromatic N) is 3. The maximum atomic E-state index is 6.01. The van der Waals surface area contributed by atoms with Crippen molar-refractivity contribution in [3.05, 3.63) is 53.6 Å². The second-order valence-corrected chi connectivity index (χ2v) is 4.80. The van der Waals surface area contributed by atoms with Crippen LogP contribution in [0.15, 0.2) is 36.5 Å². The predicted molar refractivity (Wildman–Crippen MR) is 76.9 cm³/mol. The molecule has 2 N–H and O–H groups in total. The molecule has 0 spiro atoms. The highest BCUT2D eigenvalue weighted by Gasteiger charge is 2.10. The third-order valence-corrected chi connectivity index (χ3v) is 3.35. The maximum Gasteiger partial charge on any atom is 0.115 e.